The smallest absolute Gasteiger partial charge is 0.250 e. The lowest BCUT2D eigenvalue weighted by Gasteiger charge is -2.09. The average Bonchev–Trinajstić information content (AvgIpc) is 2.93. The Labute approximate surface area is 141 Å². The number of nitrogens with one attached hydrogen (secondary N) is 2. The first-order valence-electron chi connectivity index (χ1n) is 6.00. The zero-order valence-electron chi connectivity index (χ0n) is 11.1. The monoisotopic (exact) mass is 413 g/mol. The lowest BCUT2D eigenvalue weighted by atomic mass is 10.3. The molecular formula is C14H12IN3O2S. The second-order valence-corrected chi connectivity index (χ2v) is 5.77. The van der Waals surface area contributed by atoms with Gasteiger partial charge in [0.15, 0.2) is 5.11 Å². The van der Waals surface area contributed by atoms with Gasteiger partial charge < -0.3 is 9.73 Å². The molecule has 0 spiro atoms. The van der Waals surface area contributed by atoms with Crippen molar-refractivity contribution in [2.45, 2.75) is 6.92 Å². The van der Waals surface area contributed by atoms with Crippen LogP contribution in [-0.4, -0.2) is 16.0 Å². The number of hydrogen-bond acceptors (Lipinski definition) is 4. The Hall–Kier alpha value is -1.74. The number of carbonyl (C=O) groups is 1. The molecule has 2 N–H and O–H groups in total. The number of rotatable bonds is 3. The van der Waals surface area contributed by atoms with Gasteiger partial charge in [0, 0.05) is 15.8 Å². The first-order valence-corrected chi connectivity index (χ1v) is 7.49. The molecular weight excluding hydrogens is 401 g/mol. The van der Waals surface area contributed by atoms with Crippen LogP contribution in [0.25, 0.3) is 6.08 Å². The number of aromatic nitrogens is 1. The summed E-state index contributed by atoms with van der Waals surface area (Å²) in [6.07, 6.45) is 6.17. The van der Waals surface area contributed by atoms with Gasteiger partial charge in [-0.3, -0.25) is 10.1 Å². The molecule has 0 radical (unpaired) electrons. The minimum Gasteiger partial charge on any atom is -0.465 e. The largest absolute Gasteiger partial charge is 0.465 e. The number of halogens is 1. The van der Waals surface area contributed by atoms with Crippen molar-refractivity contribution in [2.24, 2.45) is 0 Å². The van der Waals surface area contributed by atoms with E-state index in [9.17, 15) is 4.79 Å². The predicted molar refractivity (Wildman–Crippen MR) is 93.8 cm³/mol. The number of pyridine rings is 1. The highest BCUT2D eigenvalue weighted by Crippen LogP contribution is 2.13. The minimum absolute atomic E-state index is 0.195. The highest BCUT2D eigenvalue weighted by molar-refractivity contribution is 14.1. The highest BCUT2D eigenvalue weighted by atomic mass is 127. The number of hydrogen-bond donors (Lipinski definition) is 2. The number of amides is 1. The number of furan rings is 1. The van der Waals surface area contributed by atoms with E-state index in [4.69, 9.17) is 16.6 Å². The Morgan fingerprint density at radius 1 is 1.52 bits per heavy atom. The Bertz CT molecular complexity index is 684. The summed E-state index contributed by atoms with van der Waals surface area (Å²) in [6.45, 7) is 1.92. The fourth-order valence-corrected chi connectivity index (χ4v) is 2.31. The van der Waals surface area contributed by atoms with Crippen LogP contribution < -0.4 is 10.6 Å². The lowest BCUT2D eigenvalue weighted by molar-refractivity contribution is -0.115. The van der Waals surface area contributed by atoms with Crippen LogP contribution in [0.3, 0.4) is 0 Å². The molecule has 2 heterocycles. The Morgan fingerprint density at radius 2 is 2.33 bits per heavy atom. The van der Waals surface area contributed by atoms with Crippen molar-refractivity contribution in [2.75, 3.05) is 5.32 Å². The van der Waals surface area contributed by atoms with E-state index in [0.29, 0.717) is 11.6 Å². The first-order chi connectivity index (χ1) is 10.0. The van der Waals surface area contributed by atoms with Crippen LogP contribution in [0.5, 0.6) is 0 Å². The average molecular weight is 413 g/mol. The summed E-state index contributed by atoms with van der Waals surface area (Å²) in [7, 11) is 0. The molecule has 2 aromatic rings. The van der Waals surface area contributed by atoms with Gasteiger partial charge in [-0.2, -0.15) is 0 Å². The van der Waals surface area contributed by atoms with Crippen LogP contribution in [0.1, 0.15) is 11.3 Å². The molecule has 2 rings (SSSR count). The molecule has 0 saturated heterocycles. The first kappa shape index (κ1) is 15.6. The van der Waals surface area contributed by atoms with Crippen LogP contribution >= 0.6 is 34.8 Å². The number of anilines is 1. The zero-order valence-corrected chi connectivity index (χ0v) is 14.1. The molecule has 0 unspecified atom stereocenters. The van der Waals surface area contributed by atoms with E-state index in [1.54, 1.807) is 24.4 Å². The predicted octanol–water partition coefficient (Wildman–Crippen LogP) is 3.11. The van der Waals surface area contributed by atoms with Crippen LogP contribution in [0.2, 0.25) is 0 Å². The Kier molecular flexibility index (Phi) is 5.45. The Morgan fingerprint density at radius 3 is 3.00 bits per heavy atom. The summed E-state index contributed by atoms with van der Waals surface area (Å²) in [4.78, 5) is 15.9. The molecule has 5 nitrogen and oxygen atoms in total. The molecule has 0 aliphatic heterocycles. The summed E-state index contributed by atoms with van der Waals surface area (Å²) in [5.74, 6) is 0.877. The second-order valence-electron chi connectivity index (χ2n) is 4.11. The maximum atomic E-state index is 11.7. The number of thiocarbonyl (C=S) groups is 1. The third-order valence-corrected chi connectivity index (χ3v) is 3.25. The second kappa shape index (κ2) is 7.32. The van der Waals surface area contributed by atoms with Gasteiger partial charge in [0.25, 0.3) is 0 Å². The van der Waals surface area contributed by atoms with Crippen LogP contribution in [0.15, 0.2) is 41.2 Å². The normalized spacial score (nSPS) is 10.6. The van der Waals surface area contributed by atoms with Crippen LogP contribution in [-0.2, 0) is 4.79 Å². The van der Waals surface area contributed by atoms with E-state index in [-0.39, 0.29) is 11.0 Å². The summed E-state index contributed by atoms with van der Waals surface area (Å²) >= 11 is 7.26. The summed E-state index contributed by atoms with van der Waals surface area (Å²) in [5, 5.41) is 5.63. The fourth-order valence-electron chi connectivity index (χ4n) is 1.51. The Balaban J connectivity index is 1.90. The van der Waals surface area contributed by atoms with E-state index in [0.717, 1.165) is 9.13 Å². The van der Waals surface area contributed by atoms with Crippen molar-refractivity contribution < 1.29 is 9.21 Å². The lowest BCUT2D eigenvalue weighted by Crippen LogP contribution is -2.33. The van der Waals surface area contributed by atoms with Crippen molar-refractivity contribution in [3.8, 4) is 0 Å². The van der Waals surface area contributed by atoms with Crippen molar-refractivity contribution in [1.82, 2.24) is 10.3 Å². The maximum Gasteiger partial charge on any atom is 0.250 e. The third-order valence-electron chi connectivity index (χ3n) is 2.46. The number of nitrogens with zero attached hydrogens (tertiary/aromatic N) is 1. The summed E-state index contributed by atoms with van der Waals surface area (Å²) < 4.78 is 6.12. The van der Waals surface area contributed by atoms with Gasteiger partial charge in [-0.05, 0) is 71.6 Å². The molecule has 1 amide bonds. The molecule has 0 fully saturated rings. The molecule has 2 aromatic heterocycles. The molecule has 0 atom stereocenters. The molecule has 0 aromatic carbocycles. The summed E-state index contributed by atoms with van der Waals surface area (Å²) in [6, 6.07) is 5.46. The van der Waals surface area contributed by atoms with Gasteiger partial charge in [0.1, 0.15) is 11.6 Å². The quantitative estimate of drug-likeness (QED) is 0.460. The van der Waals surface area contributed by atoms with Crippen molar-refractivity contribution in [3.05, 3.63) is 51.6 Å². The van der Waals surface area contributed by atoms with E-state index in [2.05, 4.69) is 38.2 Å². The molecule has 108 valence electrons. The van der Waals surface area contributed by atoms with Gasteiger partial charge in [-0.15, -0.1) is 0 Å². The van der Waals surface area contributed by atoms with E-state index >= 15 is 0 Å². The maximum absolute atomic E-state index is 11.7. The van der Waals surface area contributed by atoms with Crippen molar-refractivity contribution >= 4 is 57.7 Å². The molecule has 0 saturated carbocycles. The van der Waals surface area contributed by atoms with Gasteiger partial charge in [0.05, 0.1) is 6.26 Å². The van der Waals surface area contributed by atoms with E-state index < -0.39 is 0 Å². The van der Waals surface area contributed by atoms with E-state index in [1.165, 1.54) is 12.3 Å². The van der Waals surface area contributed by atoms with Gasteiger partial charge in [-0.1, -0.05) is 0 Å². The van der Waals surface area contributed by atoms with Gasteiger partial charge in [0.2, 0.25) is 5.91 Å². The van der Waals surface area contributed by atoms with E-state index in [1.807, 2.05) is 13.0 Å². The SMILES string of the molecule is Cc1cc(I)cnc1NC(=S)NC(=O)/C=C/c1ccco1. The van der Waals surface area contributed by atoms with Crippen molar-refractivity contribution in [3.63, 3.8) is 0 Å². The third kappa shape index (κ3) is 4.94. The zero-order chi connectivity index (χ0) is 15.2. The molecule has 21 heavy (non-hydrogen) atoms. The molecule has 0 aliphatic rings. The van der Waals surface area contributed by atoms with Gasteiger partial charge in [-0.25, -0.2) is 4.98 Å². The fraction of sp³-hybridized carbons (Fsp3) is 0.0714. The number of carbonyl (C=O) groups excluding carboxylic acids is 1. The minimum atomic E-state index is -0.341. The van der Waals surface area contributed by atoms with Crippen molar-refractivity contribution in [1.29, 1.82) is 0 Å². The highest BCUT2D eigenvalue weighted by Gasteiger charge is 2.05. The molecule has 7 heteroatoms. The topological polar surface area (TPSA) is 67.2 Å². The summed E-state index contributed by atoms with van der Waals surface area (Å²) in [5.41, 5.74) is 0.949. The molecule has 0 bridgehead atoms. The van der Waals surface area contributed by atoms with Crippen LogP contribution in [0, 0.1) is 10.5 Å². The number of aryl methyl sites for hydroxylation is 1. The van der Waals surface area contributed by atoms with Crippen LogP contribution in [0.4, 0.5) is 5.82 Å². The standard InChI is InChI=1S/C14H12IN3O2S/c1-9-7-10(15)8-16-13(9)18-14(21)17-12(19)5-4-11-3-2-6-20-11/h2-8H,1H3,(H2,16,17,18,19,21)/b5-4+. The van der Waals surface area contributed by atoms with Gasteiger partial charge >= 0.3 is 0 Å². The molecule has 0 aliphatic carbocycles.